The molecule has 0 aromatic carbocycles. The summed E-state index contributed by atoms with van der Waals surface area (Å²) < 4.78 is 19.6. The Kier molecular flexibility index (Phi) is 15.4. The third-order valence-corrected chi connectivity index (χ3v) is 0. The van der Waals surface area contributed by atoms with Gasteiger partial charge in [0.1, 0.15) is 0 Å². The van der Waals surface area contributed by atoms with Gasteiger partial charge in [0.15, 0.2) is 5.98 Å². The second-order valence-electron chi connectivity index (χ2n) is 0.682. The minimum atomic E-state index is -4.48. The molecule has 0 rings (SSSR count). The van der Waals surface area contributed by atoms with Crippen LogP contribution in [0.4, 0.5) is 0 Å². The SMILES string of the molecule is C.ClP(Cl)Cl.[2H]O.[2H]OP(=O)(O)O. The van der Waals surface area contributed by atoms with Crippen molar-refractivity contribution in [3.05, 3.63) is 0 Å². The van der Waals surface area contributed by atoms with Crippen LogP contribution in [0, 0.1) is 0 Å². The fraction of sp³-hybridized carbons (Fsp3) is 1.00. The van der Waals surface area contributed by atoms with Gasteiger partial charge >= 0.3 is 7.82 Å². The first-order chi connectivity index (χ1) is 5.29. The van der Waals surface area contributed by atoms with Gasteiger partial charge in [0.25, 0.3) is 0 Å². The molecule has 0 saturated heterocycles. The first kappa shape index (κ1) is 14.9. The van der Waals surface area contributed by atoms with Gasteiger partial charge < -0.3 is 20.2 Å². The van der Waals surface area contributed by atoms with E-state index in [9.17, 15) is 4.57 Å². The molecule has 0 atom stereocenters. The Balaban J connectivity index is -0.0000000512. The summed E-state index contributed by atoms with van der Waals surface area (Å²) in [5.41, 5.74) is 6.25. The van der Waals surface area contributed by atoms with E-state index in [0.29, 0.717) is 0 Å². The van der Waals surface area contributed by atoms with Crippen LogP contribution in [-0.4, -0.2) is 21.6 Å². The highest BCUT2D eigenvalue weighted by atomic mass is 36.0. The molecule has 0 spiro atoms. The predicted molar refractivity (Wildman–Crippen MR) is 49.1 cm³/mol. The van der Waals surface area contributed by atoms with E-state index < -0.39 is 13.8 Å². The molecule has 0 aliphatic carbocycles. The fourth-order valence-electron chi connectivity index (χ4n) is 0. The largest absolute Gasteiger partial charge is 0.466 e. The van der Waals surface area contributed by atoms with E-state index in [1.165, 1.54) is 0 Å². The van der Waals surface area contributed by atoms with E-state index in [4.69, 9.17) is 51.9 Å². The second-order valence-corrected chi connectivity index (χ2v) is 6.65. The zero-order chi connectivity index (χ0) is 10.8. The van der Waals surface area contributed by atoms with Gasteiger partial charge in [-0.25, -0.2) is 4.57 Å². The molecule has 10 heteroatoms. The summed E-state index contributed by atoms with van der Waals surface area (Å²) >= 11 is 14.6. The molecule has 0 aliphatic rings. The van der Waals surface area contributed by atoms with Gasteiger partial charge in [-0.05, 0) is 0 Å². The molecule has 0 aromatic heterocycles. The van der Waals surface area contributed by atoms with Crippen molar-refractivity contribution in [3.63, 3.8) is 0 Å². The van der Waals surface area contributed by atoms with E-state index in [-0.39, 0.29) is 7.43 Å². The Morgan fingerprint density at radius 3 is 1.55 bits per heavy atom. The minimum Gasteiger partial charge on any atom is -0.412 e. The maximum atomic E-state index is 9.28. The van der Waals surface area contributed by atoms with Gasteiger partial charge in [0.05, 0.1) is 0 Å². The molecule has 0 unspecified atom stereocenters. The van der Waals surface area contributed by atoms with E-state index in [1.54, 1.807) is 0 Å². The lowest BCUT2D eigenvalue weighted by Gasteiger charge is -1.82. The van der Waals surface area contributed by atoms with Gasteiger partial charge in [-0.15, -0.1) is 0 Å². The Hall–Kier alpha value is 1.37. The summed E-state index contributed by atoms with van der Waals surface area (Å²) in [5.74, 6) is -1.20. The Morgan fingerprint density at radius 2 is 1.55 bits per heavy atom. The van der Waals surface area contributed by atoms with Crippen LogP contribution >= 0.6 is 47.5 Å². The maximum Gasteiger partial charge on any atom is 0.466 e. The number of hydrogen-bond acceptors (Lipinski definition) is 2. The average molecular weight is 271 g/mol. The molecule has 0 aromatic rings. The molecule has 0 amide bonds. The van der Waals surface area contributed by atoms with Crippen LogP contribution < -0.4 is 0 Å². The smallest absolute Gasteiger partial charge is 0.412 e. The summed E-state index contributed by atoms with van der Waals surface area (Å²) in [4.78, 5) is 17.9. The first-order valence-electron chi connectivity index (χ1n) is 2.13. The highest BCUT2D eigenvalue weighted by molar-refractivity contribution is 8.20. The summed E-state index contributed by atoms with van der Waals surface area (Å²) in [6, 6.07) is 0. The Bertz CT molecular complexity index is 118. The number of hydrogen-bond donors (Lipinski definition) is 3. The summed E-state index contributed by atoms with van der Waals surface area (Å²) in [7, 11) is -4.48. The molecule has 5 N–H and O–H groups in total. The average Bonchev–Trinajstić information content (AvgIpc) is 1.90. The molecule has 5 nitrogen and oxygen atoms in total. The zero-order valence-corrected chi connectivity index (χ0v) is 8.24. The fourth-order valence-corrected chi connectivity index (χ4v) is 0. The van der Waals surface area contributed by atoms with Gasteiger partial charge in [0, 0.05) is 0 Å². The molecular weight excluding hydrogens is 260 g/mol. The molecule has 11 heavy (non-hydrogen) atoms. The highest BCUT2D eigenvalue weighted by Gasteiger charge is 2.00. The van der Waals surface area contributed by atoms with Crippen LogP contribution in [0.1, 0.15) is 8.86 Å². The van der Waals surface area contributed by atoms with E-state index in [0.717, 1.165) is 0 Å². The van der Waals surface area contributed by atoms with Crippen LogP contribution in [0.25, 0.3) is 0 Å². The quantitative estimate of drug-likeness (QED) is 0.632. The molecule has 0 radical (unpaired) electrons. The molecule has 74 valence electrons. The van der Waals surface area contributed by atoms with Crippen molar-refractivity contribution in [2.24, 2.45) is 0 Å². The van der Waals surface area contributed by atoms with Gasteiger partial charge in [-0.3, -0.25) is 0 Å². The summed E-state index contributed by atoms with van der Waals surface area (Å²) in [6.07, 6.45) is 0. The lowest BCUT2D eigenvalue weighted by Crippen LogP contribution is -1.66. The van der Waals surface area contributed by atoms with Crippen molar-refractivity contribution in [1.29, 1.82) is 1.43 Å². The van der Waals surface area contributed by atoms with Crippen molar-refractivity contribution in [2.45, 2.75) is 7.43 Å². The van der Waals surface area contributed by atoms with Crippen LogP contribution in [0.2, 0.25) is 0 Å². The standard InChI is InChI=1S/CH4.Cl3P.H3O4P.H2O/c;1-4(2)3;1-5(2,3)4;/h1H4;;(H3,1,2,3,4);1H2/i/hD2. The van der Waals surface area contributed by atoms with Crippen LogP contribution in [0.3, 0.4) is 0 Å². The van der Waals surface area contributed by atoms with Crippen LogP contribution in [0.5, 0.6) is 0 Å². The Morgan fingerprint density at radius 1 is 1.45 bits per heavy atom. The van der Waals surface area contributed by atoms with Crippen molar-refractivity contribution in [2.75, 3.05) is 0 Å². The Labute approximate surface area is 82.9 Å². The lowest BCUT2D eigenvalue weighted by atomic mass is 12.0. The molecule has 0 bridgehead atoms. The van der Waals surface area contributed by atoms with Gasteiger partial charge in [-0.1, -0.05) is 41.1 Å². The normalized spacial score (nSPS) is 10.5. The van der Waals surface area contributed by atoms with E-state index in [1.807, 2.05) is 0 Å². The van der Waals surface area contributed by atoms with Crippen molar-refractivity contribution in [1.82, 2.24) is 0 Å². The molecule has 0 saturated carbocycles. The third-order valence-electron chi connectivity index (χ3n) is 0. The summed E-state index contributed by atoms with van der Waals surface area (Å²) in [5, 5.41) is 0. The monoisotopic (exact) mass is 270 g/mol. The first-order valence-corrected chi connectivity index (χ1v) is 6.86. The van der Waals surface area contributed by atoms with Crippen LogP contribution in [-0.2, 0) is 4.57 Å². The molecule has 0 aliphatic heterocycles. The maximum absolute atomic E-state index is 9.28. The summed E-state index contributed by atoms with van der Waals surface area (Å²) in [6.45, 7) is 0. The number of phosphoric acid groups is 1. The molecule has 0 fully saturated rings. The third kappa shape index (κ3) is 532. The zero-order valence-electron chi connectivity index (χ0n) is 6.19. The highest BCUT2D eigenvalue weighted by Crippen LogP contribution is 2.51. The van der Waals surface area contributed by atoms with Crippen molar-refractivity contribution >= 4 is 47.5 Å². The van der Waals surface area contributed by atoms with Crippen LogP contribution in [0.15, 0.2) is 0 Å². The lowest BCUT2D eigenvalue weighted by molar-refractivity contribution is 0.275. The predicted octanol–water partition coefficient (Wildman–Crippen LogP) is 1.81. The second kappa shape index (κ2) is 11.4. The van der Waals surface area contributed by atoms with Gasteiger partial charge in [-0.2, -0.15) is 0 Å². The molecular formula is CH9Cl3O5P2. The van der Waals surface area contributed by atoms with E-state index in [2.05, 4.69) is 4.90 Å². The number of rotatable bonds is 1. The van der Waals surface area contributed by atoms with Crippen molar-refractivity contribution in [3.8, 4) is 0 Å². The topological polar surface area (TPSA) is 109 Å². The van der Waals surface area contributed by atoms with E-state index >= 15 is 0 Å². The van der Waals surface area contributed by atoms with Gasteiger partial charge in [0.2, 0.25) is 2.86 Å². The number of halogens is 3. The van der Waals surface area contributed by atoms with Crippen molar-refractivity contribution < 1.29 is 26.2 Å². The minimum absolute atomic E-state index is 0. The molecule has 0 heterocycles.